The minimum absolute atomic E-state index is 0.511. The Morgan fingerprint density at radius 2 is 0.851 bits per heavy atom. The van der Waals surface area contributed by atoms with Crippen LogP contribution in [0.15, 0.2) is 215 Å². The van der Waals surface area contributed by atoms with Crippen LogP contribution in [0, 0.1) is 0 Å². The van der Waals surface area contributed by atoms with Gasteiger partial charge in [0.05, 0.1) is 27.7 Å². The SMILES string of the molecule is c1ccc2cc(-c3nc(-c4ccc(-n5c6cc7ccccc7cc6c6cc7ccccc7cc65)c5c4oc4cc6ccccc6cc45)nc(-c4cccc5oc6ccccc6c45)n3)ccc2c1. The molecule has 0 N–H and O–H groups in total. The number of rotatable bonds is 4. The fourth-order valence-electron chi connectivity index (χ4n) is 10.6. The van der Waals surface area contributed by atoms with Gasteiger partial charge in [-0.1, -0.05) is 140 Å². The predicted octanol–water partition coefficient (Wildman–Crippen LogP) is 16.4. The summed E-state index contributed by atoms with van der Waals surface area (Å²) in [6.45, 7) is 0. The van der Waals surface area contributed by atoms with Gasteiger partial charge < -0.3 is 13.4 Å². The quantitative estimate of drug-likeness (QED) is 0.176. The lowest BCUT2D eigenvalue weighted by Gasteiger charge is -2.13. The van der Waals surface area contributed by atoms with Gasteiger partial charge >= 0.3 is 0 Å². The lowest BCUT2D eigenvalue weighted by molar-refractivity contribution is 0.668. The van der Waals surface area contributed by atoms with Gasteiger partial charge in [-0.2, -0.15) is 0 Å². The number of fused-ring (bicyclic) bond motifs is 13. The van der Waals surface area contributed by atoms with Crippen LogP contribution in [0.2, 0.25) is 0 Å². The van der Waals surface area contributed by atoms with E-state index in [-0.39, 0.29) is 0 Å². The van der Waals surface area contributed by atoms with Crippen LogP contribution in [0.3, 0.4) is 0 Å². The van der Waals surface area contributed by atoms with Crippen molar-refractivity contribution in [3.63, 3.8) is 0 Å². The Morgan fingerprint density at radius 1 is 0.313 bits per heavy atom. The van der Waals surface area contributed by atoms with Gasteiger partial charge in [0.15, 0.2) is 17.5 Å². The van der Waals surface area contributed by atoms with Crippen molar-refractivity contribution in [2.45, 2.75) is 0 Å². The van der Waals surface area contributed by atoms with Crippen LogP contribution in [0.4, 0.5) is 0 Å². The summed E-state index contributed by atoms with van der Waals surface area (Å²) in [6, 6.07) is 72.9. The standard InChI is InChI=1S/C61H34N4O2/c1-2-13-36-28-43(25-24-35(36)12-1)59-62-60(45-21-11-23-54-56(45)44-20-9-10-22-53(44)66-54)64-61(63-59)46-26-27-50(57-49-31-39-16-5-8-19-42(39)34-55(49)67-58(46)57)65-51-32-40-17-6-3-14-37(40)29-47(51)48-30-38-15-4-7-18-41(38)33-52(48)65/h1-34H. The highest BCUT2D eigenvalue weighted by Gasteiger charge is 2.25. The number of furan rings is 2. The molecule has 310 valence electrons. The molecule has 6 heteroatoms. The molecule has 0 saturated heterocycles. The van der Waals surface area contributed by atoms with Crippen molar-refractivity contribution in [2.24, 2.45) is 0 Å². The van der Waals surface area contributed by atoms with E-state index in [4.69, 9.17) is 23.8 Å². The summed E-state index contributed by atoms with van der Waals surface area (Å²) in [5.41, 5.74) is 8.85. The molecule has 15 aromatic rings. The molecular formula is C61H34N4O2. The molecule has 0 radical (unpaired) electrons. The first-order valence-electron chi connectivity index (χ1n) is 22.6. The van der Waals surface area contributed by atoms with Crippen molar-refractivity contribution in [1.82, 2.24) is 19.5 Å². The van der Waals surface area contributed by atoms with Crippen LogP contribution in [-0.2, 0) is 0 Å². The van der Waals surface area contributed by atoms with Crippen molar-refractivity contribution in [2.75, 3.05) is 0 Å². The van der Waals surface area contributed by atoms with E-state index in [0.717, 1.165) is 93.2 Å². The zero-order valence-corrected chi connectivity index (χ0v) is 35.7. The summed E-state index contributed by atoms with van der Waals surface area (Å²) in [7, 11) is 0. The maximum atomic E-state index is 7.19. The molecule has 11 aromatic carbocycles. The van der Waals surface area contributed by atoms with E-state index in [0.29, 0.717) is 23.1 Å². The first-order valence-corrected chi connectivity index (χ1v) is 22.6. The Balaban J connectivity index is 1.06. The Labute approximate surface area is 381 Å². The smallest absolute Gasteiger partial charge is 0.167 e. The molecule has 0 aliphatic carbocycles. The topological polar surface area (TPSA) is 69.9 Å². The lowest BCUT2D eigenvalue weighted by Crippen LogP contribution is -2.01. The van der Waals surface area contributed by atoms with Crippen molar-refractivity contribution in [3.8, 4) is 39.9 Å². The van der Waals surface area contributed by atoms with Crippen LogP contribution in [0.5, 0.6) is 0 Å². The normalized spacial score (nSPS) is 12.2. The number of benzene rings is 11. The van der Waals surface area contributed by atoms with E-state index in [1.165, 1.54) is 32.3 Å². The summed E-state index contributed by atoms with van der Waals surface area (Å²) in [4.78, 5) is 16.0. The molecule has 0 aliphatic rings. The van der Waals surface area contributed by atoms with Crippen LogP contribution in [-0.4, -0.2) is 19.5 Å². The fraction of sp³-hybridized carbons (Fsp3) is 0. The molecule has 0 bridgehead atoms. The molecule has 4 aromatic heterocycles. The van der Waals surface area contributed by atoms with Crippen LogP contribution in [0.25, 0.3) is 149 Å². The van der Waals surface area contributed by atoms with Crippen molar-refractivity contribution in [3.05, 3.63) is 206 Å². The third-order valence-electron chi connectivity index (χ3n) is 13.7. The average Bonchev–Trinajstić information content (AvgIpc) is 4.05. The van der Waals surface area contributed by atoms with Gasteiger partial charge in [0.25, 0.3) is 0 Å². The van der Waals surface area contributed by atoms with E-state index >= 15 is 0 Å². The highest BCUT2D eigenvalue weighted by molar-refractivity contribution is 6.21. The summed E-state index contributed by atoms with van der Waals surface area (Å²) < 4.78 is 16.0. The molecule has 0 saturated carbocycles. The minimum Gasteiger partial charge on any atom is -0.456 e. The van der Waals surface area contributed by atoms with Gasteiger partial charge in [0.2, 0.25) is 0 Å². The average molecular weight is 855 g/mol. The molecule has 15 rings (SSSR count). The second-order valence-corrected chi connectivity index (χ2v) is 17.5. The van der Waals surface area contributed by atoms with Crippen molar-refractivity contribution < 1.29 is 8.83 Å². The molecule has 0 fully saturated rings. The van der Waals surface area contributed by atoms with Crippen LogP contribution < -0.4 is 0 Å². The molecule has 4 heterocycles. The zero-order chi connectivity index (χ0) is 43.7. The third kappa shape index (κ3) is 5.41. The molecule has 6 nitrogen and oxygen atoms in total. The van der Waals surface area contributed by atoms with Crippen molar-refractivity contribution >= 4 is 109 Å². The largest absolute Gasteiger partial charge is 0.456 e. The summed E-state index contributed by atoms with van der Waals surface area (Å²) in [5, 5.41) is 15.6. The second kappa shape index (κ2) is 13.7. The molecule has 0 atom stereocenters. The summed E-state index contributed by atoms with van der Waals surface area (Å²) in [5.74, 6) is 1.62. The number of hydrogen-bond acceptors (Lipinski definition) is 5. The maximum absolute atomic E-state index is 7.19. The molecule has 0 amide bonds. The molecular weight excluding hydrogens is 821 g/mol. The maximum Gasteiger partial charge on any atom is 0.167 e. The van der Waals surface area contributed by atoms with Gasteiger partial charge in [0, 0.05) is 38.1 Å². The van der Waals surface area contributed by atoms with Gasteiger partial charge in [0.1, 0.15) is 22.3 Å². The first-order chi connectivity index (χ1) is 33.2. The highest BCUT2D eigenvalue weighted by atomic mass is 16.3. The van der Waals surface area contributed by atoms with Gasteiger partial charge in [-0.25, -0.2) is 15.0 Å². The highest BCUT2D eigenvalue weighted by Crippen LogP contribution is 2.45. The fourth-order valence-corrected chi connectivity index (χ4v) is 10.6. The number of nitrogens with zero attached hydrogens (tertiary/aromatic N) is 4. The summed E-state index contributed by atoms with van der Waals surface area (Å²) >= 11 is 0. The Morgan fingerprint density at radius 3 is 1.54 bits per heavy atom. The van der Waals surface area contributed by atoms with Gasteiger partial charge in [-0.05, 0) is 110 Å². The zero-order valence-electron chi connectivity index (χ0n) is 35.7. The van der Waals surface area contributed by atoms with Gasteiger partial charge in [-0.15, -0.1) is 0 Å². The van der Waals surface area contributed by atoms with Crippen LogP contribution >= 0.6 is 0 Å². The third-order valence-corrected chi connectivity index (χ3v) is 13.7. The first kappa shape index (κ1) is 36.2. The molecule has 0 aliphatic heterocycles. The lowest BCUT2D eigenvalue weighted by atomic mass is 10.0. The molecule has 67 heavy (non-hydrogen) atoms. The van der Waals surface area contributed by atoms with Gasteiger partial charge in [-0.3, -0.25) is 0 Å². The predicted molar refractivity (Wildman–Crippen MR) is 275 cm³/mol. The van der Waals surface area contributed by atoms with E-state index in [1.54, 1.807) is 0 Å². The van der Waals surface area contributed by atoms with E-state index < -0.39 is 0 Å². The number of aromatic nitrogens is 4. The molecule has 0 unspecified atom stereocenters. The Kier molecular flexibility index (Phi) is 7.40. The number of hydrogen-bond donors (Lipinski definition) is 0. The summed E-state index contributed by atoms with van der Waals surface area (Å²) in [6.07, 6.45) is 0. The van der Waals surface area contributed by atoms with E-state index in [9.17, 15) is 0 Å². The Bertz CT molecular complexity index is 4500. The van der Waals surface area contributed by atoms with Crippen molar-refractivity contribution in [1.29, 1.82) is 0 Å². The van der Waals surface area contributed by atoms with Crippen LogP contribution in [0.1, 0.15) is 0 Å². The minimum atomic E-state index is 0.511. The van der Waals surface area contributed by atoms with E-state index in [2.05, 4.69) is 180 Å². The van der Waals surface area contributed by atoms with E-state index in [1.807, 2.05) is 30.3 Å². The monoisotopic (exact) mass is 854 g/mol. The second-order valence-electron chi connectivity index (χ2n) is 17.5. The molecule has 0 spiro atoms. The Hall–Kier alpha value is -9.13. The number of para-hydroxylation sites is 1.